The van der Waals surface area contributed by atoms with Crippen molar-refractivity contribution in [3.63, 3.8) is 0 Å². The van der Waals surface area contributed by atoms with E-state index in [0.717, 1.165) is 0 Å². The van der Waals surface area contributed by atoms with E-state index in [4.69, 9.17) is 9.52 Å². The molecule has 2 aromatic rings. The SMILES string of the molecule is CC(CO)CNC(=O)c1ccc(-c2ccco2)[nH]c1=O. The van der Waals surface area contributed by atoms with Gasteiger partial charge in [0.15, 0.2) is 0 Å². The molecule has 0 fully saturated rings. The van der Waals surface area contributed by atoms with Gasteiger partial charge < -0.3 is 19.8 Å². The highest BCUT2D eigenvalue weighted by Gasteiger charge is 2.12. The number of furan rings is 1. The van der Waals surface area contributed by atoms with Gasteiger partial charge in [-0.15, -0.1) is 0 Å². The molecule has 106 valence electrons. The fourth-order valence-electron chi connectivity index (χ4n) is 1.65. The van der Waals surface area contributed by atoms with Crippen LogP contribution in [-0.2, 0) is 0 Å². The maximum Gasteiger partial charge on any atom is 0.261 e. The second-order valence-corrected chi connectivity index (χ2v) is 4.59. The van der Waals surface area contributed by atoms with Crippen molar-refractivity contribution in [3.8, 4) is 11.5 Å². The van der Waals surface area contributed by atoms with Crippen LogP contribution < -0.4 is 10.9 Å². The van der Waals surface area contributed by atoms with Crippen LogP contribution in [0, 0.1) is 5.92 Å². The van der Waals surface area contributed by atoms with E-state index in [2.05, 4.69) is 10.3 Å². The summed E-state index contributed by atoms with van der Waals surface area (Å²) in [5.74, 6) is 0.0147. The topological polar surface area (TPSA) is 95.3 Å². The lowest BCUT2D eigenvalue weighted by atomic mass is 10.2. The van der Waals surface area contributed by atoms with E-state index in [1.165, 1.54) is 12.3 Å². The Morgan fingerprint density at radius 1 is 1.45 bits per heavy atom. The first-order valence-corrected chi connectivity index (χ1v) is 6.28. The minimum Gasteiger partial charge on any atom is -0.463 e. The molecule has 0 aromatic carbocycles. The lowest BCUT2D eigenvalue weighted by Gasteiger charge is -2.09. The van der Waals surface area contributed by atoms with Gasteiger partial charge in [-0.2, -0.15) is 0 Å². The molecule has 0 saturated carbocycles. The Labute approximate surface area is 115 Å². The normalized spacial score (nSPS) is 12.1. The van der Waals surface area contributed by atoms with Gasteiger partial charge in [0.25, 0.3) is 11.5 Å². The standard InChI is InChI=1S/C14H16N2O4/c1-9(8-17)7-15-13(18)10-4-5-11(16-14(10)19)12-3-2-6-20-12/h2-6,9,17H,7-8H2,1H3,(H,15,18)(H,16,19). The summed E-state index contributed by atoms with van der Waals surface area (Å²) in [6.45, 7) is 2.09. The van der Waals surface area contributed by atoms with Crippen molar-refractivity contribution < 1.29 is 14.3 Å². The molecule has 1 unspecified atom stereocenters. The van der Waals surface area contributed by atoms with Gasteiger partial charge in [0.05, 0.1) is 12.0 Å². The van der Waals surface area contributed by atoms with E-state index in [1.807, 2.05) is 0 Å². The van der Waals surface area contributed by atoms with Crippen LogP contribution in [0.1, 0.15) is 17.3 Å². The van der Waals surface area contributed by atoms with Crippen LogP contribution in [-0.4, -0.2) is 29.1 Å². The molecular formula is C14H16N2O4. The molecule has 20 heavy (non-hydrogen) atoms. The highest BCUT2D eigenvalue weighted by molar-refractivity contribution is 5.94. The number of H-pyrrole nitrogens is 1. The van der Waals surface area contributed by atoms with Crippen molar-refractivity contribution >= 4 is 5.91 Å². The average Bonchev–Trinajstić information content (AvgIpc) is 2.98. The summed E-state index contributed by atoms with van der Waals surface area (Å²) in [6.07, 6.45) is 1.50. The molecule has 0 saturated heterocycles. The average molecular weight is 276 g/mol. The van der Waals surface area contributed by atoms with Gasteiger partial charge in [-0.05, 0) is 30.2 Å². The third kappa shape index (κ3) is 3.16. The second-order valence-electron chi connectivity index (χ2n) is 4.59. The summed E-state index contributed by atoms with van der Waals surface area (Å²) >= 11 is 0. The first-order chi connectivity index (χ1) is 9.61. The van der Waals surface area contributed by atoms with Gasteiger partial charge in [0.2, 0.25) is 0 Å². The summed E-state index contributed by atoms with van der Waals surface area (Å²) in [5, 5.41) is 11.5. The van der Waals surface area contributed by atoms with E-state index in [0.29, 0.717) is 18.0 Å². The summed E-state index contributed by atoms with van der Waals surface area (Å²) in [4.78, 5) is 26.3. The van der Waals surface area contributed by atoms with Gasteiger partial charge >= 0.3 is 0 Å². The van der Waals surface area contributed by atoms with Gasteiger partial charge in [-0.3, -0.25) is 9.59 Å². The van der Waals surface area contributed by atoms with Crippen molar-refractivity contribution in [2.24, 2.45) is 5.92 Å². The van der Waals surface area contributed by atoms with Crippen LogP contribution in [0.25, 0.3) is 11.5 Å². The molecule has 0 aliphatic carbocycles. The molecule has 1 atom stereocenters. The number of aliphatic hydroxyl groups is 1. The molecular weight excluding hydrogens is 260 g/mol. The van der Waals surface area contributed by atoms with Gasteiger partial charge in [0.1, 0.15) is 11.3 Å². The number of pyridine rings is 1. The van der Waals surface area contributed by atoms with E-state index < -0.39 is 11.5 Å². The second kappa shape index (κ2) is 6.21. The van der Waals surface area contributed by atoms with E-state index in [9.17, 15) is 9.59 Å². The summed E-state index contributed by atoms with van der Waals surface area (Å²) in [5.41, 5.74) is 0.0683. The fourth-order valence-corrected chi connectivity index (χ4v) is 1.65. The van der Waals surface area contributed by atoms with Crippen molar-refractivity contribution in [2.75, 3.05) is 13.2 Å². The Morgan fingerprint density at radius 2 is 2.25 bits per heavy atom. The zero-order chi connectivity index (χ0) is 14.5. The fraction of sp³-hybridized carbons (Fsp3) is 0.286. The van der Waals surface area contributed by atoms with Crippen molar-refractivity contribution in [2.45, 2.75) is 6.92 Å². The molecule has 2 aromatic heterocycles. The Hall–Kier alpha value is -2.34. The van der Waals surface area contributed by atoms with E-state index >= 15 is 0 Å². The molecule has 0 aliphatic heterocycles. The number of hydrogen-bond donors (Lipinski definition) is 3. The van der Waals surface area contributed by atoms with Crippen molar-refractivity contribution in [1.82, 2.24) is 10.3 Å². The highest BCUT2D eigenvalue weighted by atomic mass is 16.3. The zero-order valence-electron chi connectivity index (χ0n) is 11.1. The zero-order valence-corrected chi connectivity index (χ0v) is 11.1. The Morgan fingerprint density at radius 3 is 2.85 bits per heavy atom. The first-order valence-electron chi connectivity index (χ1n) is 6.28. The van der Waals surface area contributed by atoms with Gasteiger partial charge in [-0.25, -0.2) is 0 Å². The van der Waals surface area contributed by atoms with Crippen LogP contribution >= 0.6 is 0 Å². The number of carbonyl (C=O) groups is 1. The largest absolute Gasteiger partial charge is 0.463 e. The van der Waals surface area contributed by atoms with E-state index in [-0.39, 0.29) is 18.1 Å². The third-order valence-corrected chi connectivity index (χ3v) is 2.86. The highest BCUT2D eigenvalue weighted by Crippen LogP contribution is 2.15. The maximum absolute atomic E-state index is 11.9. The first kappa shape index (κ1) is 14.1. The number of carbonyl (C=O) groups excluding carboxylic acids is 1. The minimum absolute atomic E-state index is 0.0198. The summed E-state index contributed by atoms with van der Waals surface area (Å²) in [6, 6.07) is 6.50. The van der Waals surface area contributed by atoms with Gasteiger partial charge in [-0.1, -0.05) is 6.92 Å². The molecule has 0 radical (unpaired) electrons. The van der Waals surface area contributed by atoms with Crippen molar-refractivity contribution in [1.29, 1.82) is 0 Å². The molecule has 0 spiro atoms. The molecule has 2 heterocycles. The van der Waals surface area contributed by atoms with Crippen LogP contribution in [0.4, 0.5) is 0 Å². The summed E-state index contributed by atoms with van der Waals surface area (Å²) in [7, 11) is 0. The lowest BCUT2D eigenvalue weighted by molar-refractivity contribution is 0.0941. The smallest absolute Gasteiger partial charge is 0.261 e. The Kier molecular flexibility index (Phi) is 4.37. The lowest BCUT2D eigenvalue weighted by Crippen LogP contribution is -2.33. The predicted octanol–water partition coefficient (Wildman–Crippen LogP) is 0.993. The number of aromatic amines is 1. The molecule has 3 N–H and O–H groups in total. The third-order valence-electron chi connectivity index (χ3n) is 2.86. The molecule has 6 nitrogen and oxygen atoms in total. The number of rotatable bonds is 5. The molecule has 2 rings (SSSR count). The number of aliphatic hydroxyl groups excluding tert-OH is 1. The van der Waals surface area contributed by atoms with Crippen LogP contribution in [0.5, 0.6) is 0 Å². The van der Waals surface area contributed by atoms with Crippen LogP contribution in [0.15, 0.2) is 39.7 Å². The number of amides is 1. The van der Waals surface area contributed by atoms with Crippen LogP contribution in [0.3, 0.4) is 0 Å². The van der Waals surface area contributed by atoms with Gasteiger partial charge in [0, 0.05) is 13.2 Å². The molecule has 6 heteroatoms. The number of nitrogens with one attached hydrogen (secondary N) is 2. The number of aromatic nitrogens is 1. The number of hydrogen-bond acceptors (Lipinski definition) is 4. The Balaban J connectivity index is 2.14. The minimum atomic E-state index is -0.479. The molecule has 0 bridgehead atoms. The quantitative estimate of drug-likeness (QED) is 0.759. The van der Waals surface area contributed by atoms with Crippen LogP contribution in [0.2, 0.25) is 0 Å². The Bertz CT molecular complexity index is 631. The van der Waals surface area contributed by atoms with Crippen molar-refractivity contribution in [3.05, 3.63) is 46.4 Å². The monoisotopic (exact) mass is 276 g/mol. The molecule has 1 amide bonds. The summed E-state index contributed by atoms with van der Waals surface area (Å²) < 4.78 is 5.17. The molecule has 0 aliphatic rings. The van der Waals surface area contributed by atoms with E-state index in [1.54, 1.807) is 25.1 Å². The maximum atomic E-state index is 11.9. The predicted molar refractivity (Wildman–Crippen MR) is 73.3 cm³/mol.